The van der Waals surface area contributed by atoms with Gasteiger partial charge in [-0.1, -0.05) is 41.9 Å². The summed E-state index contributed by atoms with van der Waals surface area (Å²) < 4.78 is 5.43. The zero-order valence-electron chi connectivity index (χ0n) is 19.9. The van der Waals surface area contributed by atoms with E-state index in [0.717, 1.165) is 37.7 Å². The van der Waals surface area contributed by atoms with Gasteiger partial charge in [-0.05, 0) is 48.5 Å². The van der Waals surface area contributed by atoms with Crippen LogP contribution >= 0.6 is 11.6 Å². The molecule has 1 saturated heterocycles. The number of anilines is 7. The van der Waals surface area contributed by atoms with Crippen molar-refractivity contribution < 1.29 is 9.53 Å². The molecular weight excluding hydrogens is 490 g/mol. The summed E-state index contributed by atoms with van der Waals surface area (Å²) in [6.07, 6.45) is 1.53. The lowest BCUT2D eigenvalue weighted by molar-refractivity contribution is 0.122. The highest BCUT2D eigenvalue weighted by Crippen LogP contribution is 2.29. The summed E-state index contributed by atoms with van der Waals surface area (Å²) in [5.74, 6) is 0.792. The Kier molecular flexibility index (Phi) is 7.63. The lowest BCUT2D eigenvalue weighted by Crippen LogP contribution is -2.36. The highest BCUT2D eigenvalue weighted by molar-refractivity contribution is 6.33. The Morgan fingerprint density at radius 3 is 2.27 bits per heavy atom. The van der Waals surface area contributed by atoms with Crippen LogP contribution in [-0.4, -0.2) is 42.3 Å². The van der Waals surface area contributed by atoms with Crippen LogP contribution in [0, 0.1) is 0 Å². The average molecular weight is 516 g/mol. The molecule has 0 saturated carbocycles. The third kappa shape index (κ3) is 6.46. The Bertz CT molecular complexity index is 1350. The first-order valence-corrected chi connectivity index (χ1v) is 12.2. The van der Waals surface area contributed by atoms with Crippen molar-refractivity contribution in [1.82, 2.24) is 9.97 Å². The molecule has 10 heteroatoms. The topological polar surface area (TPSA) is 103 Å². The second kappa shape index (κ2) is 11.6. The Morgan fingerprint density at radius 1 is 0.811 bits per heavy atom. The molecule has 0 aliphatic carbocycles. The molecule has 1 aliphatic heterocycles. The SMILES string of the molecule is O=C(Nc1ccccc1)Nc1ccccc1Nc1nc(Nc2ccc(N3CCOCC3)cc2)ncc1Cl. The zero-order valence-corrected chi connectivity index (χ0v) is 20.7. The third-order valence-electron chi connectivity index (χ3n) is 5.70. The summed E-state index contributed by atoms with van der Waals surface area (Å²) in [6.45, 7) is 3.24. The number of aromatic nitrogens is 2. The van der Waals surface area contributed by atoms with Gasteiger partial charge in [-0.15, -0.1) is 0 Å². The van der Waals surface area contributed by atoms with Gasteiger partial charge in [0.05, 0.1) is 30.8 Å². The molecule has 4 aromatic rings. The second-order valence-corrected chi connectivity index (χ2v) is 8.68. The highest BCUT2D eigenvalue weighted by atomic mass is 35.5. The van der Waals surface area contributed by atoms with Gasteiger partial charge in [-0.2, -0.15) is 4.98 Å². The Morgan fingerprint density at radius 2 is 1.51 bits per heavy atom. The largest absolute Gasteiger partial charge is 0.378 e. The van der Waals surface area contributed by atoms with Crippen LogP contribution in [0.2, 0.25) is 5.02 Å². The number of carbonyl (C=O) groups is 1. The number of carbonyl (C=O) groups excluding carboxylic acids is 1. The van der Waals surface area contributed by atoms with Gasteiger partial charge < -0.3 is 30.9 Å². The molecule has 2 amide bonds. The monoisotopic (exact) mass is 515 g/mol. The summed E-state index contributed by atoms with van der Waals surface area (Å²) in [5, 5.41) is 12.4. The van der Waals surface area contributed by atoms with Crippen LogP contribution in [0.15, 0.2) is 85.1 Å². The number of morpholine rings is 1. The van der Waals surface area contributed by atoms with Gasteiger partial charge in [0.2, 0.25) is 5.95 Å². The van der Waals surface area contributed by atoms with E-state index in [9.17, 15) is 4.79 Å². The fraction of sp³-hybridized carbons (Fsp3) is 0.148. The lowest BCUT2D eigenvalue weighted by Gasteiger charge is -2.28. The number of benzene rings is 3. The molecule has 5 rings (SSSR count). The van der Waals surface area contributed by atoms with Crippen molar-refractivity contribution in [2.45, 2.75) is 0 Å². The molecule has 2 heterocycles. The maximum atomic E-state index is 12.5. The van der Waals surface area contributed by atoms with E-state index >= 15 is 0 Å². The van der Waals surface area contributed by atoms with Gasteiger partial charge in [0.1, 0.15) is 5.02 Å². The Balaban J connectivity index is 1.27. The quantitative estimate of drug-likeness (QED) is 0.236. The zero-order chi connectivity index (χ0) is 25.5. The molecule has 188 valence electrons. The lowest BCUT2D eigenvalue weighted by atomic mass is 10.2. The van der Waals surface area contributed by atoms with Crippen molar-refractivity contribution in [3.8, 4) is 0 Å². The fourth-order valence-electron chi connectivity index (χ4n) is 3.86. The smallest absolute Gasteiger partial charge is 0.323 e. The molecule has 1 aliphatic rings. The molecule has 0 spiro atoms. The number of hydrogen-bond acceptors (Lipinski definition) is 7. The molecule has 3 aromatic carbocycles. The van der Waals surface area contributed by atoms with Gasteiger partial charge in [-0.3, -0.25) is 0 Å². The molecular formula is C27H26ClN7O2. The van der Waals surface area contributed by atoms with E-state index in [4.69, 9.17) is 16.3 Å². The van der Waals surface area contributed by atoms with Crippen LogP contribution in [0.5, 0.6) is 0 Å². The maximum Gasteiger partial charge on any atom is 0.323 e. The number of nitrogens with one attached hydrogen (secondary N) is 4. The molecule has 0 atom stereocenters. The minimum absolute atomic E-state index is 0.344. The van der Waals surface area contributed by atoms with Gasteiger partial charge >= 0.3 is 6.03 Å². The Labute approximate surface area is 219 Å². The minimum atomic E-state index is -0.364. The molecule has 9 nitrogen and oxygen atoms in total. The normalized spacial score (nSPS) is 13.1. The third-order valence-corrected chi connectivity index (χ3v) is 5.98. The molecule has 1 fully saturated rings. The van der Waals surface area contributed by atoms with Crippen molar-refractivity contribution in [3.63, 3.8) is 0 Å². The number of amides is 2. The van der Waals surface area contributed by atoms with E-state index in [1.54, 1.807) is 6.07 Å². The van der Waals surface area contributed by atoms with Crippen LogP contribution in [0.25, 0.3) is 0 Å². The van der Waals surface area contributed by atoms with E-state index in [2.05, 4.69) is 48.3 Å². The molecule has 0 radical (unpaired) electrons. The summed E-state index contributed by atoms with van der Waals surface area (Å²) >= 11 is 6.39. The number of halogens is 1. The number of ether oxygens (including phenoxy) is 1. The number of nitrogens with zero attached hydrogens (tertiary/aromatic N) is 3. The number of para-hydroxylation sites is 3. The van der Waals surface area contributed by atoms with Crippen LogP contribution in [0.1, 0.15) is 0 Å². The second-order valence-electron chi connectivity index (χ2n) is 8.28. The van der Waals surface area contributed by atoms with Crippen LogP contribution in [0.4, 0.5) is 45.0 Å². The predicted octanol–water partition coefficient (Wildman–Crippen LogP) is 6.10. The van der Waals surface area contributed by atoms with Crippen molar-refractivity contribution >= 4 is 57.8 Å². The van der Waals surface area contributed by atoms with Gasteiger partial charge in [-0.25, -0.2) is 9.78 Å². The highest BCUT2D eigenvalue weighted by Gasteiger charge is 2.13. The van der Waals surface area contributed by atoms with Crippen LogP contribution < -0.4 is 26.2 Å². The van der Waals surface area contributed by atoms with E-state index in [1.807, 2.05) is 60.7 Å². The molecule has 0 bridgehead atoms. The van der Waals surface area contributed by atoms with Gasteiger partial charge in [0.15, 0.2) is 5.82 Å². The van der Waals surface area contributed by atoms with Crippen LogP contribution in [0.3, 0.4) is 0 Å². The number of rotatable bonds is 7. The average Bonchev–Trinajstić information content (AvgIpc) is 2.93. The Hall–Kier alpha value is -4.34. The molecule has 4 N–H and O–H groups in total. The summed E-state index contributed by atoms with van der Waals surface area (Å²) in [7, 11) is 0. The summed E-state index contributed by atoms with van der Waals surface area (Å²) in [6, 6.07) is 24.3. The van der Waals surface area contributed by atoms with E-state index in [-0.39, 0.29) is 6.03 Å². The van der Waals surface area contributed by atoms with E-state index in [1.165, 1.54) is 6.20 Å². The number of hydrogen-bond donors (Lipinski definition) is 4. The summed E-state index contributed by atoms with van der Waals surface area (Å²) in [4.78, 5) is 23.7. The first kappa shape index (κ1) is 24.4. The molecule has 0 unspecified atom stereocenters. The molecule has 1 aromatic heterocycles. The van der Waals surface area contributed by atoms with Crippen LogP contribution in [-0.2, 0) is 4.74 Å². The number of urea groups is 1. The van der Waals surface area contributed by atoms with Crippen molar-refractivity contribution in [1.29, 1.82) is 0 Å². The van der Waals surface area contributed by atoms with Crippen molar-refractivity contribution in [2.24, 2.45) is 0 Å². The maximum absolute atomic E-state index is 12.5. The minimum Gasteiger partial charge on any atom is -0.378 e. The van der Waals surface area contributed by atoms with Gasteiger partial charge in [0, 0.05) is 30.2 Å². The predicted molar refractivity (Wildman–Crippen MR) is 149 cm³/mol. The fourth-order valence-corrected chi connectivity index (χ4v) is 3.99. The van der Waals surface area contributed by atoms with E-state index < -0.39 is 0 Å². The van der Waals surface area contributed by atoms with E-state index in [0.29, 0.717) is 33.9 Å². The van der Waals surface area contributed by atoms with Crippen molar-refractivity contribution in [2.75, 3.05) is 52.5 Å². The molecule has 37 heavy (non-hydrogen) atoms. The first-order chi connectivity index (χ1) is 18.1. The van der Waals surface area contributed by atoms with Crippen molar-refractivity contribution in [3.05, 3.63) is 90.1 Å². The summed E-state index contributed by atoms with van der Waals surface area (Å²) in [5.41, 5.74) is 3.89. The van der Waals surface area contributed by atoms with Gasteiger partial charge in [0.25, 0.3) is 0 Å². The first-order valence-electron chi connectivity index (χ1n) is 11.9. The standard InChI is InChI=1S/C27H26ClN7O2/c28-22-18-29-26(30-20-10-12-21(13-11-20)35-14-16-37-17-15-35)34-25(22)32-23-8-4-5-9-24(23)33-27(36)31-19-6-2-1-3-7-19/h1-13,18H,14-17H2,(H2,31,33,36)(H2,29,30,32,34).